The van der Waals surface area contributed by atoms with E-state index in [0.29, 0.717) is 0 Å². The average molecular weight is 281 g/mol. The van der Waals surface area contributed by atoms with Crippen LogP contribution < -0.4 is 0 Å². The minimum absolute atomic E-state index is 0.0438. The molecule has 2 aromatic heterocycles. The van der Waals surface area contributed by atoms with E-state index in [-0.39, 0.29) is 11.7 Å². The standard InChI is InChI=1S/C17H15NOS/c1-11(2)17(19)16-8-7-15(20-16)13-5-6-14-12(10-13)4-3-9-18-14/h3-11H,1-2H3. The first-order valence-electron chi connectivity index (χ1n) is 6.64. The monoisotopic (exact) mass is 281 g/mol. The number of aromatic nitrogens is 1. The third-order valence-corrected chi connectivity index (χ3v) is 4.41. The SMILES string of the molecule is CC(C)C(=O)c1ccc(-c2ccc3ncccc3c2)s1. The van der Waals surface area contributed by atoms with E-state index in [1.165, 1.54) is 0 Å². The first kappa shape index (κ1) is 13.0. The van der Waals surface area contributed by atoms with E-state index in [4.69, 9.17) is 0 Å². The smallest absolute Gasteiger partial charge is 0.175 e. The van der Waals surface area contributed by atoms with Crippen molar-refractivity contribution >= 4 is 28.0 Å². The Labute approximate surface area is 122 Å². The fourth-order valence-corrected chi connectivity index (χ4v) is 3.23. The van der Waals surface area contributed by atoms with Crippen LogP contribution in [0.4, 0.5) is 0 Å². The van der Waals surface area contributed by atoms with Crippen molar-refractivity contribution < 1.29 is 4.79 Å². The molecule has 0 aliphatic heterocycles. The first-order valence-corrected chi connectivity index (χ1v) is 7.46. The van der Waals surface area contributed by atoms with Gasteiger partial charge < -0.3 is 0 Å². The number of benzene rings is 1. The van der Waals surface area contributed by atoms with Gasteiger partial charge in [-0.25, -0.2) is 0 Å². The van der Waals surface area contributed by atoms with Crippen molar-refractivity contribution in [1.82, 2.24) is 4.98 Å². The molecule has 0 N–H and O–H groups in total. The molecule has 0 saturated carbocycles. The van der Waals surface area contributed by atoms with Crippen molar-refractivity contribution in [2.45, 2.75) is 13.8 Å². The largest absolute Gasteiger partial charge is 0.293 e. The quantitative estimate of drug-likeness (QED) is 0.645. The maximum Gasteiger partial charge on any atom is 0.175 e. The Balaban J connectivity index is 2.01. The van der Waals surface area contributed by atoms with E-state index < -0.39 is 0 Å². The molecule has 0 bridgehead atoms. The van der Waals surface area contributed by atoms with Crippen LogP contribution in [-0.4, -0.2) is 10.8 Å². The lowest BCUT2D eigenvalue weighted by atomic mass is 10.1. The molecule has 0 saturated heterocycles. The molecular formula is C17H15NOS. The second-order valence-corrected chi connectivity index (χ2v) is 6.18. The molecule has 2 heterocycles. The summed E-state index contributed by atoms with van der Waals surface area (Å²) >= 11 is 1.56. The van der Waals surface area contributed by atoms with Gasteiger partial charge in [0.25, 0.3) is 0 Å². The maximum absolute atomic E-state index is 12.0. The van der Waals surface area contributed by atoms with Gasteiger partial charge >= 0.3 is 0 Å². The molecule has 3 rings (SSSR count). The summed E-state index contributed by atoms with van der Waals surface area (Å²) in [5.74, 6) is 0.256. The van der Waals surface area contributed by atoms with E-state index in [1.54, 1.807) is 17.5 Å². The summed E-state index contributed by atoms with van der Waals surface area (Å²) < 4.78 is 0. The molecular weight excluding hydrogens is 266 g/mol. The number of thiophene rings is 1. The van der Waals surface area contributed by atoms with Gasteiger partial charge in [-0.05, 0) is 35.9 Å². The molecule has 2 nitrogen and oxygen atoms in total. The van der Waals surface area contributed by atoms with Crippen molar-refractivity contribution in [3.8, 4) is 10.4 Å². The zero-order chi connectivity index (χ0) is 14.1. The third-order valence-electron chi connectivity index (χ3n) is 3.26. The van der Waals surface area contributed by atoms with Crippen LogP contribution in [0.25, 0.3) is 21.3 Å². The van der Waals surface area contributed by atoms with Crippen LogP contribution >= 0.6 is 11.3 Å². The number of hydrogen-bond acceptors (Lipinski definition) is 3. The lowest BCUT2D eigenvalue weighted by Gasteiger charge is -2.01. The Morgan fingerprint density at radius 2 is 2.00 bits per heavy atom. The van der Waals surface area contributed by atoms with Crippen molar-refractivity contribution in [1.29, 1.82) is 0 Å². The summed E-state index contributed by atoms with van der Waals surface area (Å²) in [6, 6.07) is 14.2. The van der Waals surface area contributed by atoms with Crippen LogP contribution in [0.2, 0.25) is 0 Å². The van der Waals surface area contributed by atoms with E-state index in [9.17, 15) is 4.79 Å². The normalized spacial score (nSPS) is 11.2. The highest BCUT2D eigenvalue weighted by Crippen LogP contribution is 2.31. The number of ketones is 1. The molecule has 3 aromatic rings. The van der Waals surface area contributed by atoms with Gasteiger partial charge in [0.15, 0.2) is 5.78 Å². The summed E-state index contributed by atoms with van der Waals surface area (Å²) in [5, 5.41) is 1.12. The van der Waals surface area contributed by atoms with Crippen molar-refractivity contribution in [2.75, 3.05) is 0 Å². The minimum Gasteiger partial charge on any atom is -0.293 e. The highest BCUT2D eigenvalue weighted by molar-refractivity contribution is 7.17. The van der Waals surface area contributed by atoms with E-state index in [0.717, 1.165) is 26.2 Å². The molecule has 0 unspecified atom stereocenters. The highest BCUT2D eigenvalue weighted by atomic mass is 32.1. The van der Waals surface area contributed by atoms with E-state index >= 15 is 0 Å². The molecule has 0 amide bonds. The second kappa shape index (κ2) is 5.17. The second-order valence-electron chi connectivity index (χ2n) is 5.09. The highest BCUT2D eigenvalue weighted by Gasteiger charge is 2.13. The van der Waals surface area contributed by atoms with Gasteiger partial charge in [0.05, 0.1) is 10.4 Å². The molecule has 0 aliphatic carbocycles. The van der Waals surface area contributed by atoms with Gasteiger partial charge in [0, 0.05) is 22.4 Å². The van der Waals surface area contributed by atoms with Gasteiger partial charge in [0.2, 0.25) is 0 Å². The zero-order valence-corrected chi connectivity index (χ0v) is 12.3. The van der Waals surface area contributed by atoms with Gasteiger partial charge in [-0.3, -0.25) is 9.78 Å². The van der Waals surface area contributed by atoms with Crippen LogP contribution in [0.1, 0.15) is 23.5 Å². The number of fused-ring (bicyclic) bond motifs is 1. The lowest BCUT2D eigenvalue weighted by molar-refractivity contribution is 0.0943. The maximum atomic E-state index is 12.0. The fourth-order valence-electron chi connectivity index (χ4n) is 2.14. The van der Waals surface area contributed by atoms with E-state index in [2.05, 4.69) is 23.2 Å². The fraction of sp³-hybridized carbons (Fsp3) is 0.176. The number of carbonyl (C=O) groups excluding carboxylic acids is 1. The predicted molar refractivity (Wildman–Crippen MR) is 84.2 cm³/mol. The lowest BCUT2D eigenvalue weighted by Crippen LogP contribution is -2.04. The molecule has 1 aromatic carbocycles. The predicted octanol–water partition coefficient (Wildman–Crippen LogP) is 4.80. The summed E-state index contributed by atoms with van der Waals surface area (Å²) in [6.45, 7) is 3.87. The Bertz CT molecular complexity index is 773. The van der Waals surface area contributed by atoms with Gasteiger partial charge in [0.1, 0.15) is 0 Å². The average Bonchev–Trinajstić information content (AvgIpc) is 2.95. The molecule has 0 atom stereocenters. The molecule has 0 radical (unpaired) electrons. The Morgan fingerprint density at radius 3 is 2.80 bits per heavy atom. The van der Waals surface area contributed by atoms with Crippen molar-refractivity contribution in [2.24, 2.45) is 5.92 Å². The van der Waals surface area contributed by atoms with Gasteiger partial charge in [-0.15, -0.1) is 11.3 Å². The van der Waals surface area contributed by atoms with Crippen LogP contribution in [-0.2, 0) is 0 Å². The number of pyridine rings is 1. The zero-order valence-electron chi connectivity index (χ0n) is 11.5. The summed E-state index contributed by atoms with van der Waals surface area (Å²) in [6.07, 6.45) is 1.80. The van der Waals surface area contributed by atoms with Crippen LogP contribution in [0.5, 0.6) is 0 Å². The van der Waals surface area contributed by atoms with Gasteiger partial charge in [-0.1, -0.05) is 26.0 Å². The molecule has 100 valence electrons. The molecule has 3 heteroatoms. The molecule has 0 aliphatic rings. The Morgan fingerprint density at radius 1 is 1.15 bits per heavy atom. The Hall–Kier alpha value is -2.00. The number of hydrogen-bond donors (Lipinski definition) is 0. The molecule has 0 spiro atoms. The summed E-state index contributed by atoms with van der Waals surface area (Å²) in [5.41, 5.74) is 2.13. The molecule has 0 fully saturated rings. The van der Waals surface area contributed by atoms with Gasteiger partial charge in [-0.2, -0.15) is 0 Å². The van der Waals surface area contributed by atoms with Crippen molar-refractivity contribution in [3.05, 3.63) is 53.5 Å². The topological polar surface area (TPSA) is 30.0 Å². The number of carbonyl (C=O) groups is 1. The summed E-state index contributed by atoms with van der Waals surface area (Å²) in [4.78, 5) is 18.3. The van der Waals surface area contributed by atoms with Crippen LogP contribution in [0.15, 0.2) is 48.7 Å². The Kier molecular flexibility index (Phi) is 3.36. The first-order chi connectivity index (χ1) is 9.65. The summed E-state index contributed by atoms with van der Waals surface area (Å²) in [7, 11) is 0. The van der Waals surface area contributed by atoms with E-state index in [1.807, 2.05) is 38.1 Å². The van der Waals surface area contributed by atoms with Crippen LogP contribution in [0, 0.1) is 5.92 Å². The van der Waals surface area contributed by atoms with Crippen LogP contribution in [0.3, 0.4) is 0 Å². The van der Waals surface area contributed by atoms with Crippen molar-refractivity contribution in [3.63, 3.8) is 0 Å². The minimum atomic E-state index is 0.0438. The molecule has 20 heavy (non-hydrogen) atoms. The number of rotatable bonds is 3. The third kappa shape index (κ3) is 2.37. The number of Topliss-reactive ketones (excluding diaryl/α,β-unsaturated/α-hetero) is 1. The number of nitrogens with zero attached hydrogens (tertiary/aromatic N) is 1.